The average molecular weight is 248 g/mol. The van der Waals surface area contributed by atoms with Crippen molar-refractivity contribution in [2.45, 2.75) is 45.3 Å². The minimum Gasteiger partial charge on any atom is -0.460 e. The number of benzene rings is 1. The molecule has 0 aliphatic heterocycles. The minimum absolute atomic E-state index is 0.0215. The van der Waals surface area contributed by atoms with Crippen LogP contribution < -0.4 is 0 Å². The fourth-order valence-electron chi connectivity index (χ4n) is 2.22. The molecule has 1 aliphatic rings. The molecule has 3 nitrogen and oxygen atoms in total. The Morgan fingerprint density at radius 1 is 1.39 bits per heavy atom. The highest BCUT2D eigenvalue weighted by molar-refractivity contribution is 5.78. The summed E-state index contributed by atoms with van der Waals surface area (Å²) in [5.41, 5.74) is 1.56. The summed E-state index contributed by atoms with van der Waals surface area (Å²) in [6.45, 7) is 5.66. The molecular formula is C15H20O3. The largest absolute Gasteiger partial charge is 0.460 e. The highest BCUT2D eigenvalue weighted by atomic mass is 16.6. The Balaban J connectivity index is 2.05. The molecule has 0 saturated heterocycles. The summed E-state index contributed by atoms with van der Waals surface area (Å²) in [6, 6.07) is 7.74. The molecule has 1 aliphatic carbocycles. The maximum atomic E-state index is 11.9. The van der Waals surface area contributed by atoms with Gasteiger partial charge in [-0.05, 0) is 44.2 Å². The smallest absolute Gasteiger partial charge is 0.310 e. The summed E-state index contributed by atoms with van der Waals surface area (Å²) in [4.78, 5) is 11.9. The van der Waals surface area contributed by atoms with Gasteiger partial charge in [0.05, 0.1) is 12.5 Å². The molecule has 98 valence electrons. The second kappa shape index (κ2) is 4.73. The number of carbonyl (C=O) groups is 1. The van der Waals surface area contributed by atoms with E-state index in [1.165, 1.54) is 0 Å². The van der Waals surface area contributed by atoms with Crippen LogP contribution in [0.25, 0.3) is 0 Å². The molecule has 0 aromatic heterocycles. The van der Waals surface area contributed by atoms with Crippen LogP contribution in [0.1, 0.15) is 44.2 Å². The summed E-state index contributed by atoms with van der Waals surface area (Å²) in [7, 11) is 0. The van der Waals surface area contributed by atoms with E-state index >= 15 is 0 Å². The van der Waals surface area contributed by atoms with Gasteiger partial charge >= 0.3 is 5.97 Å². The van der Waals surface area contributed by atoms with Gasteiger partial charge in [-0.3, -0.25) is 4.79 Å². The maximum Gasteiger partial charge on any atom is 0.310 e. The molecule has 0 amide bonds. The van der Waals surface area contributed by atoms with Gasteiger partial charge in [-0.2, -0.15) is 0 Å². The average Bonchev–Trinajstić information content (AvgIpc) is 3.06. The fourth-order valence-corrected chi connectivity index (χ4v) is 2.22. The molecule has 0 heterocycles. The van der Waals surface area contributed by atoms with E-state index in [2.05, 4.69) is 0 Å². The standard InChI is InChI=1S/C15H20O3/c1-15(2,3)18-14(17)13-8-12(13)11-7-5-4-6-10(11)9-16/h4-7,12-13,16H,8-9H2,1-3H3. The molecule has 1 aromatic rings. The number of ether oxygens (including phenoxy) is 1. The van der Waals surface area contributed by atoms with Crippen LogP contribution in [0, 0.1) is 5.92 Å². The molecule has 1 saturated carbocycles. The molecule has 18 heavy (non-hydrogen) atoms. The van der Waals surface area contributed by atoms with Crippen LogP contribution in [0.3, 0.4) is 0 Å². The van der Waals surface area contributed by atoms with Gasteiger partial charge in [-0.15, -0.1) is 0 Å². The third kappa shape index (κ3) is 2.91. The first-order chi connectivity index (χ1) is 8.42. The van der Waals surface area contributed by atoms with Gasteiger partial charge in [0.15, 0.2) is 0 Å². The maximum absolute atomic E-state index is 11.9. The van der Waals surface area contributed by atoms with E-state index in [-0.39, 0.29) is 24.4 Å². The Morgan fingerprint density at radius 3 is 2.67 bits per heavy atom. The highest BCUT2D eigenvalue weighted by Crippen LogP contribution is 2.49. The van der Waals surface area contributed by atoms with Crippen LogP contribution >= 0.6 is 0 Å². The van der Waals surface area contributed by atoms with Crippen molar-refractivity contribution in [2.75, 3.05) is 0 Å². The lowest BCUT2D eigenvalue weighted by atomic mass is 10.0. The Bertz CT molecular complexity index is 445. The van der Waals surface area contributed by atoms with E-state index in [1.807, 2.05) is 45.0 Å². The van der Waals surface area contributed by atoms with Gasteiger partial charge in [-0.25, -0.2) is 0 Å². The Morgan fingerprint density at radius 2 is 2.06 bits per heavy atom. The molecule has 0 spiro atoms. The third-order valence-corrected chi connectivity index (χ3v) is 3.12. The Hall–Kier alpha value is -1.35. The van der Waals surface area contributed by atoms with Crippen LogP contribution in [-0.4, -0.2) is 16.7 Å². The van der Waals surface area contributed by atoms with Crippen molar-refractivity contribution >= 4 is 5.97 Å². The van der Waals surface area contributed by atoms with E-state index in [0.717, 1.165) is 17.5 Å². The van der Waals surface area contributed by atoms with E-state index in [9.17, 15) is 9.90 Å². The minimum atomic E-state index is -0.430. The van der Waals surface area contributed by atoms with Crippen molar-refractivity contribution in [1.82, 2.24) is 0 Å². The molecule has 2 rings (SSSR count). The lowest BCUT2D eigenvalue weighted by Gasteiger charge is -2.19. The van der Waals surface area contributed by atoms with Gasteiger partial charge in [0.1, 0.15) is 5.60 Å². The number of hydrogen-bond acceptors (Lipinski definition) is 3. The lowest BCUT2D eigenvalue weighted by Crippen LogP contribution is -2.25. The Kier molecular flexibility index (Phi) is 3.44. The number of rotatable bonds is 3. The number of aliphatic hydroxyl groups is 1. The van der Waals surface area contributed by atoms with Crippen LogP contribution in [0.2, 0.25) is 0 Å². The second-order valence-corrected chi connectivity index (χ2v) is 5.84. The molecule has 3 heteroatoms. The normalized spacial score (nSPS) is 22.7. The molecule has 0 radical (unpaired) electrons. The predicted molar refractivity (Wildman–Crippen MR) is 69.1 cm³/mol. The molecule has 2 unspecified atom stereocenters. The van der Waals surface area contributed by atoms with Crippen molar-refractivity contribution in [3.8, 4) is 0 Å². The number of aliphatic hydroxyl groups excluding tert-OH is 1. The zero-order valence-electron chi connectivity index (χ0n) is 11.1. The van der Waals surface area contributed by atoms with Crippen LogP contribution in [0.5, 0.6) is 0 Å². The number of esters is 1. The summed E-state index contributed by atoms with van der Waals surface area (Å²) in [5.74, 6) is 0.0420. The first-order valence-electron chi connectivity index (χ1n) is 6.34. The first-order valence-corrected chi connectivity index (χ1v) is 6.34. The van der Waals surface area contributed by atoms with Gasteiger partial charge in [-0.1, -0.05) is 24.3 Å². The molecule has 2 atom stereocenters. The molecule has 1 aromatic carbocycles. The van der Waals surface area contributed by atoms with E-state index in [4.69, 9.17) is 4.74 Å². The lowest BCUT2D eigenvalue weighted by molar-refractivity contribution is -0.156. The van der Waals surface area contributed by atoms with Crippen LogP contribution in [-0.2, 0) is 16.1 Å². The van der Waals surface area contributed by atoms with Crippen molar-refractivity contribution in [2.24, 2.45) is 5.92 Å². The van der Waals surface area contributed by atoms with Gasteiger partial charge in [0, 0.05) is 0 Å². The number of hydrogen-bond donors (Lipinski definition) is 1. The second-order valence-electron chi connectivity index (χ2n) is 5.84. The van der Waals surface area contributed by atoms with Crippen LogP contribution in [0.15, 0.2) is 24.3 Å². The number of carbonyl (C=O) groups excluding carboxylic acids is 1. The molecular weight excluding hydrogens is 228 g/mol. The summed E-state index contributed by atoms with van der Waals surface area (Å²) < 4.78 is 5.39. The summed E-state index contributed by atoms with van der Waals surface area (Å²) in [6.07, 6.45) is 0.825. The van der Waals surface area contributed by atoms with E-state index in [0.29, 0.717) is 0 Å². The predicted octanol–water partition coefficient (Wildman–Crippen LogP) is 2.62. The summed E-state index contributed by atoms with van der Waals surface area (Å²) in [5, 5.41) is 9.29. The van der Waals surface area contributed by atoms with Crippen molar-refractivity contribution in [1.29, 1.82) is 0 Å². The SMILES string of the molecule is CC(C)(C)OC(=O)C1CC1c1ccccc1CO. The van der Waals surface area contributed by atoms with Gasteiger partial charge in [0.2, 0.25) is 0 Å². The first kappa shape index (κ1) is 13.1. The van der Waals surface area contributed by atoms with Crippen molar-refractivity contribution < 1.29 is 14.6 Å². The zero-order chi connectivity index (χ0) is 13.3. The molecule has 1 fully saturated rings. The monoisotopic (exact) mass is 248 g/mol. The Labute approximate surface area is 108 Å². The van der Waals surface area contributed by atoms with Crippen LogP contribution in [0.4, 0.5) is 0 Å². The zero-order valence-corrected chi connectivity index (χ0v) is 11.1. The molecule has 1 N–H and O–H groups in total. The summed E-state index contributed by atoms with van der Waals surface area (Å²) >= 11 is 0. The topological polar surface area (TPSA) is 46.5 Å². The fraction of sp³-hybridized carbons (Fsp3) is 0.533. The van der Waals surface area contributed by atoms with Crippen molar-refractivity contribution in [3.05, 3.63) is 35.4 Å². The van der Waals surface area contributed by atoms with E-state index in [1.54, 1.807) is 0 Å². The molecule has 0 bridgehead atoms. The van der Waals surface area contributed by atoms with Gasteiger partial charge < -0.3 is 9.84 Å². The van der Waals surface area contributed by atoms with E-state index < -0.39 is 5.60 Å². The quantitative estimate of drug-likeness (QED) is 0.836. The van der Waals surface area contributed by atoms with Gasteiger partial charge in [0.25, 0.3) is 0 Å². The van der Waals surface area contributed by atoms with Crippen molar-refractivity contribution in [3.63, 3.8) is 0 Å². The third-order valence-electron chi connectivity index (χ3n) is 3.12. The highest BCUT2D eigenvalue weighted by Gasteiger charge is 2.46.